The lowest BCUT2D eigenvalue weighted by molar-refractivity contribution is -0.149. The maximum Gasteiger partial charge on any atom is 0.406 e. The van der Waals surface area contributed by atoms with E-state index in [1.54, 1.807) is 18.7 Å². The molecule has 0 rings (SSSR count). The van der Waals surface area contributed by atoms with Gasteiger partial charge in [0.25, 0.3) is 0 Å². The van der Waals surface area contributed by atoms with Crippen molar-refractivity contribution in [3.05, 3.63) is 0 Å². The standard InChI is InChI=1S/C11H19F3N2O3S/c1-8(4-5-20-3)15(2)10(19)16(6-9(17)18)7-11(12,13)14/h8H,4-7H2,1-3H3,(H,17,18). The van der Waals surface area contributed by atoms with Crippen LogP contribution >= 0.6 is 11.8 Å². The number of amides is 2. The topological polar surface area (TPSA) is 60.9 Å². The quantitative estimate of drug-likeness (QED) is 0.781. The predicted molar refractivity (Wildman–Crippen MR) is 70.9 cm³/mol. The van der Waals surface area contributed by atoms with Crippen LogP contribution < -0.4 is 0 Å². The smallest absolute Gasteiger partial charge is 0.406 e. The fraction of sp³-hybridized carbons (Fsp3) is 0.818. The van der Waals surface area contributed by atoms with E-state index in [-0.39, 0.29) is 10.9 Å². The molecule has 5 nitrogen and oxygen atoms in total. The van der Waals surface area contributed by atoms with Crippen LogP contribution in [-0.4, -0.2) is 71.3 Å². The van der Waals surface area contributed by atoms with Gasteiger partial charge in [0.1, 0.15) is 13.1 Å². The number of rotatable bonds is 7. The molecule has 0 aromatic rings. The molecule has 0 aromatic carbocycles. The third-order valence-corrected chi connectivity index (χ3v) is 3.31. The van der Waals surface area contributed by atoms with Gasteiger partial charge in [0, 0.05) is 13.1 Å². The lowest BCUT2D eigenvalue weighted by atomic mass is 10.2. The number of carbonyl (C=O) groups excluding carboxylic acids is 1. The van der Waals surface area contributed by atoms with Gasteiger partial charge in [0.05, 0.1) is 0 Å². The van der Waals surface area contributed by atoms with E-state index in [2.05, 4.69) is 0 Å². The first-order valence-corrected chi connectivity index (χ1v) is 7.27. The summed E-state index contributed by atoms with van der Waals surface area (Å²) in [4.78, 5) is 24.0. The molecule has 0 saturated heterocycles. The molecule has 0 aliphatic rings. The minimum absolute atomic E-state index is 0.264. The number of aliphatic carboxylic acids is 1. The summed E-state index contributed by atoms with van der Waals surface area (Å²) in [6, 6.07) is -1.20. The van der Waals surface area contributed by atoms with Gasteiger partial charge in [0.15, 0.2) is 0 Å². The van der Waals surface area contributed by atoms with Crippen LogP contribution in [0.1, 0.15) is 13.3 Å². The maximum atomic E-state index is 12.4. The third kappa shape index (κ3) is 7.46. The van der Waals surface area contributed by atoms with Crippen molar-refractivity contribution in [1.82, 2.24) is 9.80 Å². The van der Waals surface area contributed by atoms with E-state index in [1.807, 2.05) is 6.26 Å². The Hall–Kier alpha value is -1.12. The van der Waals surface area contributed by atoms with Crippen LogP contribution in [0, 0.1) is 0 Å². The molecule has 0 heterocycles. The molecule has 1 unspecified atom stereocenters. The van der Waals surface area contributed by atoms with Crippen LogP contribution in [0.25, 0.3) is 0 Å². The van der Waals surface area contributed by atoms with E-state index in [0.717, 1.165) is 10.7 Å². The van der Waals surface area contributed by atoms with Gasteiger partial charge in [-0.25, -0.2) is 4.79 Å². The van der Waals surface area contributed by atoms with Gasteiger partial charge in [0.2, 0.25) is 0 Å². The van der Waals surface area contributed by atoms with Crippen LogP contribution in [0.5, 0.6) is 0 Å². The Morgan fingerprint density at radius 1 is 1.35 bits per heavy atom. The number of hydrogen-bond acceptors (Lipinski definition) is 3. The molecule has 0 radical (unpaired) electrons. The Morgan fingerprint density at radius 3 is 2.30 bits per heavy atom. The lowest BCUT2D eigenvalue weighted by Crippen LogP contribution is -2.50. The fourth-order valence-corrected chi connectivity index (χ4v) is 2.04. The Morgan fingerprint density at radius 2 is 1.90 bits per heavy atom. The molecule has 0 aliphatic heterocycles. The van der Waals surface area contributed by atoms with Crippen LogP contribution in [0.2, 0.25) is 0 Å². The second kappa shape index (κ2) is 8.23. The molecule has 0 fully saturated rings. The SMILES string of the molecule is CSCCC(C)N(C)C(=O)N(CC(=O)O)CC(F)(F)F. The normalized spacial score (nSPS) is 12.9. The van der Waals surface area contributed by atoms with Crippen LogP contribution in [0.15, 0.2) is 0 Å². The molecule has 1 N–H and O–H groups in total. The van der Waals surface area contributed by atoms with Crippen LogP contribution in [0.4, 0.5) is 18.0 Å². The van der Waals surface area contributed by atoms with Crippen molar-refractivity contribution in [2.75, 3.05) is 32.1 Å². The molecule has 0 aliphatic carbocycles. The zero-order chi connectivity index (χ0) is 15.9. The highest BCUT2D eigenvalue weighted by Crippen LogP contribution is 2.18. The maximum absolute atomic E-state index is 12.4. The Balaban J connectivity index is 4.79. The van der Waals surface area contributed by atoms with Gasteiger partial charge < -0.3 is 14.9 Å². The van der Waals surface area contributed by atoms with Gasteiger partial charge in [-0.2, -0.15) is 24.9 Å². The lowest BCUT2D eigenvalue weighted by Gasteiger charge is -2.31. The number of carboxylic acid groups (broad SMARTS) is 1. The summed E-state index contributed by atoms with van der Waals surface area (Å²) in [7, 11) is 1.37. The summed E-state index contributed by atoms with van der Waals surface area (Å²) in [6.45, 7) is -0.837. The zero-order valence-electron chi connectivity index (χ0n) is 11.6. The van der Waals surface area contributed by atoms with Gasteiger partial charge in [-0.05, 0) is 25.4 Å². The van der Waals surface area contributed by atoms with E-state index in [9.17, 15) is 22.8 Å². The monoisotopic (exact) mass is 316 g/mol. The Labute approximate surface area is 120 Å². The van der Waals surface area contributed by atoms with Crippen molar-refractivity contribution >= 4 is 23.8 Å². The highest BCUT2D eigenvalue weighted by Gasteiger charge is 2.35. The average Bonchev–Trinajstić information content (AvgIpc) is 2.30. The summed E-state index contributed by atoms with van der Waals surface area (Å²) < 4.78 is 37.1. The van der Waals surface area contributed by atoms with Crippen molar-refractivity contribution in [2.24, 2.45) is 0 Å². The zero-order valence-corrected chi connectivity index (χ0v) is 12.4. The first-order chi connectivity index (χ1) is 9.08. The van der Waals surface area contributed by atoms with E-state index in [0.29, 0.717) is 6.42 Å². The van der Waals surface area contributed by atoms with Gasteiger partial charge in [-0.3, -0.25) is 4.79 Å². The molecular weight excluding hydrogens is 297 g/mol. The number of halogens is 3. The van der Waals surface area contributed by atoms with Crippen molar-refractivity contribution in [3.8, 4) is 0 Å². The number of alkyl halides is 3. The van der Waals surface area contributed by atoms with E-state index < -0.39 is 31.3 Å². The summed E-state index contributed by atoms with van der Waals surface area (Å²) in [5, 5.41) is 8.61. The fourth-order valence-electron chi connectivity index (χ4n) is 1.46. The van der Waals surface area contributed by atoms with E-state index in [4.69, 9.17) is 5.11 Å². The number of thioether (sulfide) groups is 1. The molecule has 0 bridgehead atoms. The Kier molecular flexibility index (Phi) is 7.77. The van der Waals surface area contributed by atoms with Gasteiger partial charge >= 0.3 is 18.2 Å². The molecule has 9 heteroatoms. The molecule has 0 spiro atoms. The van der Waals surface area contributed by atoms with Crippen molar-refractivity contribution in [1.29, 1.82) is 0 Å². The summed E-state index contributed by atoms with van der Waals surface area (Å²) >= 11 is 1.56. The molecule has 20 heavy (non-hydrogen) atoms. The Bertz CT molecular complexity index is 339. The van der Waals surface area contributed by atoms with Gasteiger partial charge in [-0.15, -0.1) is 0 Å². The summed E-state index contributed by atoms with van der Waals surface area (Å²) in [6.07, 6.45) is -2.13. The number of carboxylic acids is 1. The van der Waals surface area contributed by atoms with E-state index >= 15 is 0 Å². The minimum Gasteiger partial charge on any atom is -0.480 e. The second-order valence-electron chi connectivity index (χ2n) is 4.39. The van der Waals surface area contributed by atoms with Crippen LogP contribution in [0.3, 0.4) is 0 Å². The predicted octanol–water partition coefficient (Wildman–Crippen LogP) is 2.13. The largest absolute Gasteiger partial charge is 0.480 e. The molecule has 0 aromatic heterocycles. The number of carbonyl (C=O) groups is 2. The molecule has 118 valence electrons. The van der Waals surface area contributed by atoms with Crippen molar-refractivity contribution in [2.45, 2.75) is 25.6 Å². The van der Waals surface area contributed by atoms with Crippen molar-refractivity contribution in [3.63, 3.8) is 0 Å². The minimum atomic E-state index is -4.63. The molecule has 0 saturated carbocycles. The summed E-state index contributed by atoms with van der Waals surface area (Å²) in [5.41, 5.74) is 0. The second-order valence-corrected chi connectivity index (χ2v) is 5.37. The van der Waals surface area contributed by atoms with E-state index in [1.165, 1.54) is 7.05 Å². The highest BCUT2D eigenvalue weighted by atomic mass is 32.2. The molecule has 2 amide bonds. The number of hydrogen-bond donors (Lipinski definition) is 1. The van der Waals surface area contributed by atoms with Gasteiger partial charge in [-0.1, -0.05) is 0 Å². The molecular formula is C11H19F3N2O3S. The first-order valence-electron chi connectivity index (χ1n) is 5.87. The molecule has 1 atom stereocenters. The third-order valence-electron chi connectivity index (χ3n) is 2.67. The summed E-state index contributed by atoms with van der Waals surface area (Å²) in [5.74, 6) is -0.718. The van der Waals surface area contributed by atoms with Crippen LogP contribution in [-0.2, 0) is 4.79 Å². The van der Waals surface area contributed by atoms with Crippen molar-refractivity contribution < 1.29 is 27.9 Å². The average molecular weight is 316 g/mol. The number of nitrogens with zero attached hydrogens (tertiary/aromatic N) is 2. The first kappa shape index (κ1) is 18.9. The highest BCUT2D eigenvalue weighted by molar-refractivity contribution is 7.98. The number of urea groups is 1.